The van der Waals surface area contributed by atoms with Gasteiger partial charge in [0.1, 0.15) is 0 Å². The summed E-state index contributed by atoms with van der Waals surface area (Å²) in [5.74, 6) is 0. The maximum absolute atomic E-state index is 10.5. The van der Waals surface area contributed by atoms with Crippen molar-refractivity contribution >= 4 is 0 Å². The highest BCUT2D eigenvalue weighted by atomic mass is 16.5. The predicted molar refractivity (Wildman–Crippen MR) is 75.3 cm³/mol. The van der Waals surface area contributed by atoms with E-state index in [9.17, 15) is 5.11 Å². The predicted octanol–water partition coefficient (Wildman–Crippen LogP) is 2.35. The second-order valence-electron chi connectivity index (χ2n) is 5.27. The van der Waals surface area contributed by atoms with Crippen LogP contribution in [0.25, 0.3) is 0 Å². The molecule has 1 aromatic rings. The normalized spacial score (nSPS) is 20.2. The summed E-state index contributed by atoms with van der Waals surface area (Å²) in [6, 6.07) is 8.46. The van der Waals surface area contributed by atoms with Gasteiger partial charge in [-0.05, 0) is 17.5 Å². The fourth-order valence-electron chi connectivity index (χ4n) is 2.71. The Kier molecular flexibility index (Phi) is 4.97. The van der Waals surface area contributed by atoms with E-state index in [1.807, 2.05) is 0 Å². The Labute approximate surface area is 115 Å². The molecule has 3 nitrogen and oxygen atoms in total. The lowest BCUT2D eigenvalue weighted by Crippen LogP contribution is -2.49. The van der Waals surface area contributed by atoms with Crippen LogP contribution in [0.3, 0.4) is 0 Å². The molecule has 0 aromatic heterocycles. The molecular formula is C16H24O3. The number of ether oxygens (including phenoxy) is 2. The molecule has 1 N–H and O–H groups in total. The molecule has 1 unspecified atom stereocenters. The van der Waals surface area contributed by atoms with Crippen LogP contribution in [0.15, 0.2) is 24.3 Å². The van der Waals surface area contributed by atoms with Crippen LogP contribution in [0.5, 0.6) is 0 Å². The molecule has 0 saturated carbocycles. The molecular weight excluding hydrogens is 240 g/mol. The van der Waals surface area contributed by atoms with E-state index in [4.69, 9.17) is 9.47 Å². The van der Waals surface area contributed by atoms with Crippen molar-refractivity contribution in [3.8, 4) is 0 Å². The van der Waals surface area contributed by atoms with Crippen LogP contribution >= 0.6 is 0 Å². The van der Waals surface area contributed by atoms with Gasteiger partial charge in [-0.2, -0.15) is 0 Å². The maximum Gasteiger partial charge on any atom is 0.0983 e. The van der Waals surface area contributed by atoms with Crippen LogP contribution in [-0.4, -0.2) is 37.1 Å². The first-order valence-electron chi connectivity index (χ1n) is 7.09. The number of hydrogen-bond donors (Lipinski definition) is 1. The van der Waals surface area contributed by atoms with Crippen LogP contribution in [0.2, 0.25) is 0 Å². The molecule has 1 aliphatic heterocycles. The number of rotatable bonds is 5. The van der Waals surface area contributed by atoms with Gasteiger partial charge < -0.3 is 14.6 Å². The first kappa shape index (κ1) is 14.5. The zero-order valence-electron chi connectivity index (χ0n) is 11.9. The standard InChI is InChI=1S/C16H24O3/c1-3-13-4-6-14(7-5-13)12-15(17)16(18-2)8-10-19-11-9-16/h4-7,15,17H,3,8-12H2,1-2H3. The lowest BCUT2D eigenvalue weighted by Gasteiger charge is -2.39. The first-order chi connectivity index (χ1) is 9.20. The minimum atomic E-state index is -0.478. The third-order valence-corrected chi connectivity index (χ3v) is 4.21. The van der Waals surface area contributed by atoms with Crippen molar-refractivity contribution in [1.29, 1.82) is 0 Å². The smallest absolute Gasteiger partial charge is 0.0983 e. The van der Waals surface area contributed by atoms with Crippen molar-refractivity contribution in [2.24, 2.45) is 0 Å². The molecule has 3 heteroatoms. The van der Waals surface area contributed by atoms with Gasteiger partial charge in [0.2, 0.25) is 0 Å². The Morgan fingerprint density at radius 3 is 2.32 bits per heavy atom. The molecule has 0 amide bonds. The van der Waals surface area contributed by atoms with E-state index in [0.717, 1.165) is 24.8 Å². The van der Waals surface area contributed by atoms with Crippen LogP contribution in [0, 0.1) is 0 Å². The van der Waals surface area contributed by atoms with E-state index >= 15 is 0 Å². The zero-order chi connectivity index (χ0) is 13.7. The lowest BCUT2D eigenvalue weighted by molar-refractivity contribution is -0.151. The molecule has 0 bridgehead atoms. The van der Waals surface area contributed by atoms with Gasteiger partial charge in [0.05, 0.1) is 11.7 Å². The molecule has 19 heavy (non-hydrogen) atoms. The van der Waals surface area contributed by atoms with Gasteiger partial charge in [0, 0.05) is 39.6 Å². The van der Waals surface area contributed by atoms with Gasteiger partial charge in [0.25, 0.3) is 0 Å². The quantitative estimate of drug-likeness (QED) is 0.887. The van der Waals surface area contributed by atoms with Gasteiger partial charge in [-0.25, -0.2) is 0 Å². The van der Waals surface area contributed by atoms with Crippen molar-refractivity contribution < 1.29 is 14.6 Å². The minimum Gasteiger partial charge on any atom is -0.390 e. The Morgan fingerprint density at radius 1 is 1.21 bits per heavy atom. The second kappa shape index (κ2) is 6.51. The van der Waals surface area contributed by atoms with Crippen LogP contribution in [-0.2, 0) is 22.3 Å². The van der Waals surface area contributed by atoms with Gasteiger partial charge in [-0.3, -0.25) is 0 Å². The maximum atomic E-state index is 10.5. The zero-order valence-corrected chi connectivity index (χ0v) is 11.9. The molecule has 1 saturated heterocycles. The highest BCUT2D eigenvalue weighted by Crippen LogP contribution is 2.30. The number of methoxy groups -OCH3 is 1. The van der Waals surface area contributed by atoms with E-state index < -0.39 is 11.7 Å². The summed E-state index contributed by atoms with van der Waals surface area (Å²) in [5, 5.41) is 10.5. The van der Waals surface area contributed by atoms with Gasteiger partial charge in [-0.1, -0.05) is 31.2 Å². The number of hydrogen-bond acceptors (Lipinski definition) is 3. The number of aliphatic hydroxyl groups excluding tert-OH is 1. The van der Waals surface area contributed by atoms with Crippen LogP contribution < -0.4 is 0 Å². The summed E-state index contributed by atoms with van der Waals surface area (Å²) in [7, 11) is 1.69. The molecule has 1 heterocycles. The van der Waals surface area contributed by atoms with E-state index in [2.05, 4.69) is 31.2 Å². The van der Waals surface area contributed by atoms with E-state index in [-0.39, 0.29) is 0 Å². The van der Waals surface area contributed by atoms with Gasteiger partial charge >= 0.3 is 0 Å². The fourth-order valence-corrected chi connectivity index (χ4v) is 2.71. The monoisotopic (exact) mass is 264 g/mol. The number of aliphatic hydroxyl groups is 1. The third kappa shape index (κ3) is 3.35. The van der Waals surface area contributed by atoms with Crippen LogP contribution in [0.1, 0.15) is 30.9 Å². The summed E-state index contributed by atoms with van der Waals surface area (Å²) in [5.41, 5.74) is 2.04. The summed E-state index contributed by atoms with van der Waals surface area (Å²) in [6.07, 6.45) is 2.73. The largest absolute Gasteiger partial charge is 0.390 e. The Bertz CT molecular complexity index is 379. The first-order valence-corrected chi connectivity index (χ1v) is 7.09. The second-order valence-corrected chi connectivity index (χ2v) is 5.27. The third-order valence-electron chi connectivity index (χ3n) is 4.21. The molecule has 0 spiro atoms. The SMILES string of the molecule is CCc1ccc(CC(O)C2(OC)CCOCC2)cc1. The highest BCUT2D eigenvalue weighted by molar-refractivity contribution is 5.23. The fraction of sp³-hybridized carbons (Fsp3) is 0.625. The number of benzene rings is 1. The van der Waals surface area contributed by atoms with Crippen molar-refractivity contribution in [2.45, 2.75) is 44.3 Å². The van der Waals surface area contributed by atoms with E-state index in [0.29, 0.717) is 19.6 Å². The lowest BCUT2D eigenvalue weighted by atomic mass is 9.84. The highest BCUT2D eigenvalue weighted by Gasteiger charge is 2.39. The molecule has 0 radical (unpaired) electrons. The van der Waals surface area contributed by atoms with Crippen molar-refractivity contribution in [2.75, 3.05) is 20.3 Å². The molecule has 1 atom stereocenters. The molecule has 1 fully saturated rings. The Balaban J connectivity index is 2.03. The van der Waals surface area contributed by atoms with E-state index in [1.165, 1.54) is 5.56 Å². The number of aryl methyl sites for hydroxylation is 1. The summed E-state index contributed by atoms with van der Waals surface area (Å²) < 4.78 is 11.0. The minimum absolute atomic E-state index is 0.443. The molecule has 1 aromatic carbocycles. The molecule has 1 aliphatic rings. The Morgan fingerprint density at radius 2 is 1.79 bits per heavy atom. The average Bonchev–Trinajstić information content (AvgIpc) is 2.48. The summed E-state index contributed by atoms with van der Waals surface area (Å²) in [6.45, 7) is 3.48. The molecule has 106 valence electrons. The average molecular weight is 264 g/mol. The topological polar surface area (TPSA) is 38.7 Å². The Hall–Kier alpha value is -0.900. The van der Waals surface area contributed by atoms with Crippen molar-refractivity contribution in [3.05, 3.63) is 35.4 Å². The van der Waals surface area contributed by atoms with Crippen LogP contribution in [0.4, 0.5) is 0 Å². The molecule has 0 aliphatic carbocycles. The van der Waals surface area contributed by atoms with E-state index in [1.54, 1.807) is 7.11 Å². The van der Waals surface area contributed by atoms with Gasteiger partial charge in [-0.15, -0.1) is 0 Å². The molecule has 2 rings (SSSR count). The summed E-state index contributed by atoms with van der Waals surface area (Å²) >= 11 is 0. The van der Waals surface area contributed by atoms with Gasteiger partial charge in [0.15, 0.2) is 0 Å². The van der Waals surface area contributed by atoms with Crippen molar-refractivity contribution in [1.82, 2.24) is 0 Å². The van der Waals surface area contributed by atoms with Crippen molar-refractivity contribution in [3.63, 3.8) is 0 Å². The summed E-state index contributed by atoms with van der Waals surface area (Å²) in [4.78, 5) is 0.